The molecule has 0 aliphatic carbocycles. The molecular weight excluding hydrogens is 319 g/mol. The summed E-state index contributed by atoms with van der Waals surface area (Å²) in [5.41, 5.74) is 0.674. The molecule has 20 heavy (non-hydrogen) atoms. The number of nitro groups is 1. The number of hydrogen-bond donors (Lipinski definition) is 1. The third-order valence-corrected chi connectivity index (χ3v) is 4.26. The highest BCUT2D eigenvalue weighted by Crippen LogP contribution is 2.23. The summed E-state index contributed by atoms with van der Waals surface area (Å²) < 4.78 is 0.772. The molecule has 0 unspecified atom stereocenters. The van der Waals surface area contributed by atoms with Crippen molar-refractivity contribution in [3.8, 4) is 0 Å². The molecule has 4 nitrogen and oxygen atoms in total. The quantitative estimate of drug-likeness (QED) is 0.488. The van der Waals surface area contributed by atoms with E-state index in [0.717, 1.165) is 17.3 Å². The smallest absolute Gasteiger partial charge is 0.275 e. The number of thiophene rings is 1. The maximum Gasteiger partial charge on any atom is 0.275 e. The molecule has 0 aliphatic heterocycles. The predicted molar refractivity (Wildman–Crippen MR) is 82.8 cm³/mol. The highest BCUT2D eigenvalue weighted by molar-refractivity contribution is 7.16. The maximum atomic E-state index is 10.9. The van der Waals surface area contributed by atoms with Crippen LogP contribution in [0, 0.1) is 10.1 Å². The molecule has 2 aromatic rings. The Labute approximate surface area is 130 Å². The summed E-state index contributed by atoms with van der Waals surface area (Å²) in [6, 6.07) is 8.56. The van der Waals surface area contributed by atoms with Gasteiger partial charge in [0.05, 0.1) is 9.26 Å². The summed E-state index contributed by atoms with van der Waals surface area (Å²) in [4.78, 5) is 11.7. The second-order valence-corrected chi connectivity index (χ2v) is 6.40. The van der Waals surface area contributed by atoms with Crippen LogP contribution in [-0.4, -0.2) is 11.5 Å². The number of nitro benzene ring substituents is 1. The zero-order valence-corrected chi connectivity index (χ0v) is 12.8. The van der Waals surface area contributed by atoms with E-state index in [4.69, 9.17) is 23.2 Å². The molecule has 7 heteroatoms. The van der Waals surface area contributed by atoms with Crippen LogP contribution in [0.15, 0.2) is 30.3 Å². The number of hydrogen-bond acceptors (Lipinski definition) is 4. The fraction of sp³-hybridized carbons (Fsp3) is 0.231. The van der Waals surface area contributed by atoms with E-state index in [9.17, 15) is 10.1 Å². The molecule has 0 radical (unpaired) electrons. The zero-order valence-electron chi connectivity index (χ0n) is 10.4. The predicted octanol–water partition coefficient (Wildman–Crippen LogP) is 4.30. The minimum absolute atomic E-state index is 0.0455. The molecule has 0 spiro atoms. The average Bonchev–Trinajstić information content (AvgIpc) is 2.81. The van der Waals surface area contributed by atoms with Gasteiger partial charge < -0.3 is 5.32 Å². The molecule has 0 bridgehead atoms. The van der Waals surface area contributed by atoms with E-state index in [2.05, 4.69) is 5.32 Å². The van der Waals surface area contributed by atoms with Crippen LogP contribution in [0.1, 0.15) is 10.4 Å². The molecule has 2 rings (SSSR count). The van der Waals surface area contributed by atoms with Gasteiger partial charge in [-0.2, -0.15) is 0 Å². The van der Waals surface area contributed by atoms with E-state index < -0.39 is 4.92 Å². The van der Waals surface area contributed by atoms with Gasteiger partial charge in [-0.25, -0.2) is 0 Å². The first-order valence-corrected chi connectivity index (χ1v) is 7.51. The van der Waals surface area contributed by atoms with Gasteiger partial charge in [-0.05, 0) is 30.7 Å². The lowest BCUT2D eigenvalue weighted by Gasteiger charge is -2.05. The average molecular weight is 331 g/mol. The van der Waals surface area contributed by atoms with Gasteiger partial charge in [0.2, 0.25) is 0 Å². The van der Waals surface area contributed by atoms with Gasteiger partial charge in [-0.1, -0.05) is 23.2 Å². The molecule has 0 saturated heterocycles. The molecule has 1 aromatic heterocycles. The SMILES string of the molecule is O=[N+]([O-])c1cc(Cl)ccc1CNCCc1ccc(Cl)s1. The first-order chi connectivity index (χ1) is 9.56. The fourth-order valence-electron chi connectivity index (χ4n) is 1.78. The Morgan fingerprint density at radius 3 is 2.70 bits per heavy atom. The van der Waals surface area contributed by atoms with Crippen LogP contribution in [-0.2, 0) is 13.0 Å². The topological polar surface area (TPSA) is 55.2 Å². The molecule has 1 aromatic carbocycles. The van der Waals surface area contributed by atoms with Crippen molar-refractivity contribution in [1.82, 2.24) is 5.32 Å². The van der Waals surface area contributed by atoms with Crippen molar-refractivity contribution in [1.29, 1.82) is 0 Å². The van der Waals surface area contributed by atoms with Gasteiger partial charge in [0, 0.05) is 34.6 Å². The molecule has 0 amide bonds. The summed E-state index contributed by atoms with van der Waals surface area (Å²) in [6.07, 6.45) is 0.846. The van der Waals surface area contributed by atoms with Crippen LogP contribution in [0.3, 0.4) is 0 Å². The van der Waals surface area contributed by atoms with E-state index >= 15 is 0 Å². The van der Waals surface area contributed by atoms with Crippen molar-refractivity contribution in [3.05, 3.63) is 60.2 Å². The Morgan fingerprint density at radius 1 is 1.25 bits per heavy atom. The van der Waals surface area contributed by atoms with E-state index in [1.165, 1.54) is 10.9 Å². The van der Waals surface area contributed by atoms with E-state index in [1.54, 1.807) is 23.5 Å². The normalized spacial score (nSPS) is 10.7. The van der Waals surface area contributed by atoms with Gasteiger partial charge in [-0.3, -0.25) is 10.1 Å². The second-order valence-electron chi connectivity index (χ2n) is 4.16. The van der Waals surface area contributed by atoms with Crippen molar-refractivity contribution in [2.24, 2.45) is 0 Å². The highest BCUT2D eigenvalue weighted by Gasteiger charge is 2.13. The first-order valence-electron chi connectivity index (χ1n) is 5.94. The van der Waals surface area contributed by atoms with Crippen molar-refractivity contribution >= 4 is 40.2 Å². The fourth-order valence-corrected chi connectivity index (χ4v) is 3.03. The summed E-state index contributed by atoms with van der Waals surface area (Å²) in [5.74, 6) is 0. The lowest BCUT2D eigenvalue weighted by molar-refractivity contribution is -0.385. The summed E-state index contributed by atoms with van der Waals surface area (Å²) >= 11 is 13.2. The minimum atomic E-state index is -0.415. The molecule has 0 aliphatic rings. The van der Waals surface area contributed by atoms with Crippen molar-refractivity contribution in [3.63, 3.8) is 0 Å². The number of nitrogens with one attached hydrogen (secondary N) is 1. The van der Waals surface area contributed by atoms with Crippen molar-refractivity contribution in [2.45, 2.75) is 13.0 Å². The third kappa shape index (κ3) is 4.18. The largest absolute Gasteiger partial charge is 0.312 e. The minimum Gasteiger partial charge on any atom is -0.312 e. The summed E-state index contributed by atoms with van der Waals surface area (Å²) in [5, 5.41) is 14.5. The Kier molecular flexibility index (Phi) is 5.37. The summed E-state index contributed by atoms with van der Waals surface area (Å²) in [6.45, 7) is 1.17. The molecule has 0 saturated carbocycles. The van der Waals surface area contributed by atoms with Crippen LogP contribution in [0.25, 0.3) is 0 Å². The van der Waals surface area contributed by atoms with Crippen LogP contribution < -0.4 is 5.32 Å². The Hall–Kier alpha value is -1.14. The van der Waals surface area contributed by atoms with Gasteiger partial charge in [0.15, 0.2) is 0 Å². The summed E-state index contributed by atoms with van der Waals surface area (Å²) in [7, 11) is 0. The third-order valence-electron chi connectivity index (χ3n) is 2.74. The zero-order chi connectivity index (χ0) is 14.5. The van der Waals surface area contributed by atoms with Crippen LogP contribution in [0.2, 0.25) is 9.36 Å². The highest BCUT2D eigenvalue weighted by atomic mass is 35.5. The Bertz CT molecular complexity index is 616. The molecular formula is C13H12Cl2N2O2S. The molecule has 0 fully saturated rings. The van der Waals surface area contributed by atoms with Crippen LogP contribution >= 0.6 is 34.5 Å². The van der Waals surface area contributed by atoms with Gasteiger partial charge in [-0.15, -0.1) is 11.3 Å². The van der Waals surface area contributed by atoms with E-state index in [-0.39, 0.29) is 5.69 Å². The van der Waals surface area contributed by atoms with Gasteiger partial charge in [0.25, 0.3) is 5.69 Å². The van der Waals surface area contributed by atoms with E-state index in [0.29, 0.717) is 17.1 Å². The molecule has 1 heterocycles. The number of benzene rings is 1. The maximum absolute atomic E-state index is 10.9. The molecule has 1 N–H and O–H groups in total. The van der Waals surface area contributed by atoms with Crippen LogP contribution in [0.5, 0.6) is 0 Å². The standard InChI is InChI=1S/C13H12Cl2N2O2S/c14-10-2-1-9(12(7-10)17(18)19)8-16-6-5-11-3-4-13(15)20-11/h1-4,7,16H,5-6,8H2. The van der Waals surface area contributed by atoms with Gasteiger partial charge >= 0.3 is 0 Å². The number of rotatable bonds is 6. The van der Waals surface area contributed by atoms with Crippen molar-refractivity contribution in [2.75, 3.05) is 6.54 Å². The number of halogens is 2. The molecule has 106 valence electrons. The second kappa shape index (κ2) is 7.04. The lowest BCUT2D eigenvalue weighted by Crippen LogP contribution is -2.17. The first kappa shape index (κ1) is 15.3. The Morgan fingerprint density at radius 2 is 2.05 bits per heavy atom. The Balaban J connectivity index is 1.89. The van der Waals surface area contributed by atoms with Gasteiger partial charge in [0.1, 0.15) is 0 Å². The van der Waals surface area contributed by atoms with Crippen molar-refractivity contribution < 1.29 is 4.92 Å². The monoisotopic (exact) mass is 330 g/mol. The molecule has 0 atom stereocenters. The lowest BCUT2D eigenvalue weighted by atomic mass is 10.2. The van der Waals surface area contributed by atoms with Crippen LogP contribution in [0.4, 0.5) is 5.69 Å². The number of nitrogens with zero attached hydrogens (tertiary/aromatic N) is 1. The van der Waals surface area contributed by atoms with E-state index in [1.807, 2.05) is 12.1 Å².